The summed E-state index contributed by atoms with van der Waals surface area (Å²) in [6, 6.07) is 5.78. The van der Waals surface area contributed by atoms with E-state index in [1.165, 1.54) is 0 Å². The van der Waals surface area contributed by atoms with Gasteiger partial charge in [0.25, 0.3) is 0 Å². The van der Waals surface area contributed by atoms with Crippen LogP contribution in [-0.4, -0.2) is 36.9 Å². The lowest BCUT2D eigenvalue weighted by Gasteiger charge is -2.32. The van der Waals surface area contributed by atoms with Gasteiger partial charge in [-0.2, -0.15) is 0 Å². The molecule has 0 unspecified atom stereocenters. The van der Waals surface area contributed by atoms with Gasteiger partial charge in [0, 0.05) is 11.1 Å². The van der Waals surface area contributed by atoms with Crippen LogP contribution in [0.2, 0.25) is 0 Å². The number of hydrogen-bond acceptors (Lipinski definition) is 4. The number of rotatable bonds is 5. The summed E-state index contributed by atoms with van der Waals surface area (Å²) in [7, 11) is 1.18. The molecule has 0 spiro atoms. The number of ether oxygens (including phenoxy) is 1. The molecule has 3 rings (SSSR count). The number of benzene rings is 1. The van der Waals surface area contributed by atoms with E-state index in [2.05, 4.69) is 12.2 Å². The Hall–Kier alpha value is -1.53. The fourth-order valence-corrected chi connectivity index (χ4v) is 2.90. The predicted molar refractivity (Wildman–Crippen MR) is 98.2 cm³/mol. The van der Waals surface area contributed by atoms with Crippen molar-refractivity contribution in [2.45, 2.75) is 70.6 Å². The van der Waals surface area contributed by atoms with Gasteiger partial charge in [-0.3, -0.25) is 4.79 Å². The largest absolute Gasteiger partial charge is 0.496 e. The summed E-state index contributed by atoms with van der Waals surface area (Å²) in [6.45, 7) is 10.2. The molecular formula is C19H28BNO4. The zero-order valence-corrected chi connectivity index (χ0v) is 16.1. The minimum absolute atomic E-state index is 0.00699. The molecule has 1 aromatic carbocycles. The van der Waals surface area contributed by atoms with E-state index in [-0.39, 0.29) is 22.6 Å². The third kappa shape index (κ3) is 3.70. The number of methoxy groups -OCH3 is 1. The van der Waals surface area contributed by atoms with E-state index in [1.54, 1.807) is 7.11 Å². The zero-order chi connectivity index (χ0) is 18.5. The van der Waals surface area contributed by atoms with E-state index >= 15 is 0 Å². The summed E-state index contributed by atoms with van der Waals surface area (Å²) in [6.07, 6.45) is 2.41. The van der Waals surface area contributed by atoms with Gasteiger partial charge in [0.15, 0.2) is 0 Å². The van der Waals surface area contributed by atoms with Crippen LogP contribution in [0.4, 0.5) is 0 Å². The van der Waals surface area contributed by atoms with Gasteiger partial charge in [-0.1, -0.05) is 12.1 Å². The predicted octanol–water partition coefficient (Wildman–Crippen LogP) is 2.21. The number of carbonyl (C=O) groups excluding carboxylic acids is 1. The van der Waals surface area contributed by atoms with E-state index in [9.17, 15) is 4.79 Å². The lowest BCUT2D eigenvalue weighted by Crippen LogP contribution is -2.41. The fourth-order valence-electron chi connectivity index (χ4n) is 2.90. The first-order chi connectivity index (χ1) is 11.6. The lowest BCUT2D eigenvalue weighted by atomic mass is 9.78. The molecule has 136 valence electrons. The molecule has 0 radical (unpaired) electrons. The maximum absolute atomic E-state index is 12.2. The highest BCUT2D eigenvalue weighted by Crippen LogP contribution is 2.37. The Morgan fingerprint density at radius 3 is 2.28 bits per heavy atom. The molecule has 2 fully saturated rings. The van der Waals surface area contributed by atoms with Crippen LogP contribution in [0.1, 0.15) is 53.0 Å². The topological polar surface area (TPSA) is 56.8 Å². The van der Waals surface area contributed by atoms with Crippen LogP contribution in [-0.2, 0) is 20.5 Å². The molecule has 5 nitrogen and oxygen atoms in total. The average molecular weight is 345 g/mol. The van der Waals surface area contributed by atoms with Crippen LogP contribution in [0, 0.1) is 0 Å². The minimum Gasteiger partial charge on any atom is -0.496 e. The van der Waals surface area contributed by atoms with Crippen LogP contribution < -0.4 is 15.5 Å². The molecule has 2 aliphatic rings. The van der Waals surface area contributed by atoms with Gasteiger partial charge < -0.3 is 19.4 Å². The SMILES string of the molecule is COc1cc(B2OC(C)(C)C(C)(C)O2)ccc1CC(=O)NC1(C)CC1. The Morgan fingerprint density at radius 1 is 1.16 bits per heavy atom. The van der Waals surface area contributed by atoms with Gasteiger partial charge in [-0.25, -0.2) is 0 Å². The highest BCUT2D eigenvalue weighted by molar-refractivity contribution is 6.62. The van der Waals surface area contributed by atoms with Gasteiger partial charge in [0.05, 0.1) is 24.7 Å². The highest BCUT2D eigenvalue weighted by Gasteiger charge is 2.51. The molecule has 6 heteroatoms. The van der Waals surface area contributed by atoms with E-state index in [1.807, 2.05) is 45.9 Å². The van der Waals surface area contributed by atoms with Crippen molar-refractivity contribution in [2.24, 2.45) is 0 Å². The lowest BCUT2D eigenvalue weighted by molar-refractivity contribution is -0.121. The molecule has 1 aliphatic heterocycles. The zero-order valence-electron chi connectivity index (χ0n) is 16.1. The molecule has 25 heavy (non-hydrogen) atoms. The van der Waals surface area contributed by atoms with Crippen LogP contribution in [0.25, 0.3) is 0 Å². The van der Waals surface area contributed by atoms with Gasteiger partial charge in [-0.05, 0) is 59.0 Å². The second kappa shape index (κ2) is 6.03. The first-order valence-corrected chi connectivity index (χ1v) is 8.89. The molecule has 1 heterocycles. The minimum atomic E-state index is -0.438. The standard InChI is InChI=1S/C19H28BNO4/c1-17(2)18(3,4)25-20(24-17)14-8-7-13(15(12-14)23-6)11-16(22)21-19(5)9-10-19/h7-8,12H,9-11H2,1-6H3,(H,21,22). The van der Waals surface area contributed by atoms with Crippen molar-refractivity contribution in [2.75, 3.05) is 7.11 Å². The average Bonchev–Trinajstić information content (AvgIpc) is 3.17. The smallest absolute Gasteiger partial charge is 0.494 e. The Kier molecular flexibility index (Phi) is 4.40. The molecule has 1 saturated carbocycles. The van der Waals surface area contributed by atoms with E-state index < -0.39 is 7.12 Å². The second-order valence-corrected chi connectivity index (χ2v) is 8.45. The maximum Gasteiger partial charge on any atom is 0.494 e. The van der Waals surface area contributed by atoms with Crippen LogP contribution in [0.5, 0.6) is 5.75 Å². The number of nitrogens with one attached hydrogen (secondary N) is 1. The molecule has 0 aromatic heterocycles. The summed E-state index contributed by atoms with van der Waals surface area (Å²) >= 11 is 0. The molecule has 1 N–H and O–H groups in total. The normalized spacial score (nSPS) is 22.6. The summed E-state index contributed by atoms with van der Waals surface area (Å²) < 4.78 is 17.7. The summed E-state index contributed by atoms with van der Waals surface area (Å²) in [5.41, 5.74) is 0.984. The molecule has 1 saturated heterocycles. The summed E-state index contributed by atoms with van der Waals surface area (Å²) in [5.74, 6) is 0.713. The summed E-state index contributed by atoms with van der Waals surface area (Å²) in [4.78, 5) is 12.2. The highest BCUT2D eigenvalue weighted by atomic mass is 16.7. The van der Waals surface area contributed by atoms with Crippen LogP contribution in [0.3, 0.4) is 0 Å². The van der Waals surface area contributed by atoms with Crippen LogP contribution >= 0.6 is 0 Å². The van der Waals surface area contributed by atoms with Crippen molar-refractivity contribution in [3.8, 4) is 5.75 Å². The van der Waals surface area contributed by atoms with Crippen molar-refractivity contribution in [1.82, 2.24) is 5.32 Å². The van der Waals surface area contributed by atoms with Crippen molar-refractivity contribution in [3.05, 3.63) is 23.8 Å². The summed E-state index contributed by atoms with van der Waals surface area (Å²) in [5, 5.41) is 3.08. The first kappa shape index (κ1) is 18.3. The van der Waals surface area contributed by atoms with Gasteiger partial charge in [0.1, 0.15) is 5.75 Å². The van der Waals surface area contributed by atoms with Gasteiger partial charge >= 0.3 is 7.12 Å². The molecule has 0 atom stereocenters. The van der Waals surface area contributed by atoms with Crippen LogP contribution in [0.15, 0.2) is 18.2 Å². The Bertz CT molecular complexity index is 666. The molecular weight excluding hydrogens is 317 g/mol. The molecule has 1 aromatic rings. The number of amides is 1. The Morgan fingerprint density at radius 2 is 1.76 bits per heavy atom. The number of hydrogen-bond donors (Lipinski definition) is 1. The van der Waals surface area contributed by atoms with E-state index in [0.29, 0.717) is 12.2 Å². The van der Waals surface area contributed by atoms with Crippen molar-refractivity contribution in [1.29, 1.82) is 0 Å². The first-order valence-electron chi connectivity index (χ1n) is 8.89. The van der Waals surface area contributed by atoms with Gasteiger partial charge in [-0.15, -0.1) is 0 Å². The molecule has 1 aliphatic carbocycles. The second-order valence-electron chi connectivity index (χ2n) is 8.45. The van der Waals surface area contributed by atoms with E-state index in [0.717, 1.165) is 23.9 Å². The van der Waals surface area contributed by atoms with Crippen molar-refractivity contribution >= 4 is 18.5 Å². The molecule has 0 bridgehead atoms. The van der Waals surface area contributed by atoms with Gasteiger partial charge in [0.2, 0.25) is 5.91 Å². The third-order valence-corrected chi connectivity index (χ3v) is 5.63. The number of carbonyl (C=O) groups is 1. The Balaban J connectivity index is 1.75. The third-order valence-electron chi connectivity index (χ3n) is 5.63. The molecule has 1 amide bonds. The fraction of sp³-hybridized carbons (Fsp3) is 0.632. The monoisotopic (exact) mass is 345 g/mol. The Labute approximate surface area is 150 Å². The van der Waals surface area contributed by atoms with Crippen molar-refractivity contribution < 1.29 is 18.8 Å². The van der Waals surface area contributed by atoms with Crippen molar-refractivity contribution in [3.63, 3.8) is 0 Å². The quantitative estimate of drug-likeness (QED) is 0.832. The van der Waals surface area contributed by atoms with E-state index in [4.69, 9.17) is 14.0 Å². The maximum atomic E-state index is 12.2.